The lowest BCUT2D eigenvalue weighted by atomic mass is 10.0. The van der Waals surface area contributed by atoms with E-state index in [1.54, 1.807) is 36.4 Å². The summed E-state index contributed by atoms with van der Waals surface area (Å²) < 4.78 is 0. The Labute approximate surface area is 156 Å². The summed E-state index contributed by atoms with van der Waals surface area (Å²) in [6.07, 6.45) is 3.24. The minimum Gasteiger partial charge on any atom is -0.350 e. The van der Waals surface area contributed by atoms with Crippen molar-refractivity contribution < 1.29 is 9.59 Å². The molecule has 0 bridgehead atoms. The van der Waals surface area contributed by atoms with Gasteiger partial charge >= 0.3 is 0 Å². The molecular weight excluding hydrogens is 324 g/mol. The van der Waals surface area contributed by atoms with E-state index in [0.717, 1.165) is 12.8 Å². The third-order valence-electron chi connectivity index (χ3n) is 4.21. The summed E-state index contributed by atoms with van der Waals surface area (Å²) in [6, 6.07) is 16.2. The maximum atomic E-state index is 12.4. The summed E-state index contributed by atoms with van der Waals surface area (Å²) >= 11 is 0. The molecule has 2 rings (SSSR count). The van der Waals surface area contributed by atoms with Crippen LogP contribution in [-0.4, -0.2) is 17.9 Å². The Balaban J connectivity index is 1.93. The molecule has 2 aromatic rings. The summed E-state index contributed by atoms with van der Waals surface area (Å²) in [4.78, 5) is 24.7. The molecule has 4 heteroatoms. The highest BCUT2D eigenvalue weighted by Crippen LogP contribution is 2.14. The quantitative estimate of drug-likeness (QED) is 0.711. The van der Waals surface area contributed by atoms with Gasteiger partial charge in [0.05, 0.1) is 0 Å². The maximum absolute atomic E-state index is 12.4. The Morgan fingerprint density at radius 1 is 0.846 bits per heavy atom. The second-order valence-electron chi connectivity index (χ2n) is 7.10. The van der Waals surface area contributed by atoms with Crippen LogP contribution in [0.1, 0.15) is 60.7 Å². The largest absolute Gasteiger partial charge is 0.350 e. The van der Waals surface area contributed by atoms with E-state index in [1.807, 2.05) is 25.1 Å². The van der Waals surface area contributed by atoms with Gasteiger partial charge in [-0.05, 0) is 49.6 Å². The van der Waals surface area contributed by atoms with Gasteiger partial charge in [0, 0.05) is 22.9 Å². The van der Waals surface area contributed by atoms with E-state index in [1.165, 1.54) is 6.42 Å². The maximum Gasteiger partial charge on any atom is 0.255 e. The first-order valence-corrected chi connectivity index (χ1v) is 9.23. The standard InChI is InChI=1S/C22H28N2O2/c1-16(2)9-7-10-17(3)23-22(26)19-13-8-14-20(15-19)24-21(25)18-11-5-4-6-12-18/h4-6,8,11-17H,7,9-10H2,1-3H3,(H,23,26)(H,24,25). The van der Waals surface area contributed by atoms with Gasteiger partial charge < -0.3 is 10.6 Å². The number of benzene rings is 2. The lowest BCUT2D eigenvalue weighted by Crippen LogP contribution is -2.32. The zero-order valence-electron chi connectivity index (χ0n) is 15.8. The summed E-state index contributed by atoms with van der Waals surface area (Å²) in [5.74, 6) is 0.380. The molecule has 1 unspecified atom stereocenters. The van der Waals surface area contributed by atoms with Gasteiger partial charge in [0.25, 0.3) is 11.8 Å². The number of nitrogens with one attached hydrogen (secondary N) is 2. The summed E-state index contributed by atoms with van der Waals surface area (Å²) in [6.45, 7) is 6.44. The number of amides is 2. The fourth-order valence-corrected chi connectivity index (χ4v) is 2.74. The second-order valence-corrected chi connectivity index (χ2v) is 7.10. The van der Waals surface area contributed by atoms with Crippen molar-refractivity contribution >= 4 is 17.5 Å². The fourth-order valence-electron chi connectivity index (χ4n) is 2.74. The van der Waals surface area contributed by atoms with E-state index in [-0.39, 0.29) is 17.9 Å². The van der Waals surface area contributed by atoms with E-state index in [2.05, 4.69) is 24.5 Å². The van der Waals surface area contributed by atoms with Crippen LogP contribution in [0.4, 0.5) is 5.69 Å². The zero-order valence-corrected chi connectivity index (χ0v) is 15.8. The number of rotatable bonds is 8. The van der Waals surface area contributed by atoms with Crippen LogP contribution in [0.2, 0.25) is 0 Å². The van der Waals surface area contributed by atoms with Crippen LogP contribution >= 0.6 is 0 Å². The molecule has 0 aliphatic carbocycles. The van der Waals surface area contributed by atoms with Crippen LogP contribution in [0.15, 0.2) is 54.6 Å². The first kappa shape index (κ1) is 19.7. The average molecular weight is 352 g/mol. The SMILES string of the molecule is CC(C)CCCC(C)NC(=O)c1cccc(NC(=O)c2ccccc2)c1. The van der Waals surface area contributed by atoms with Gasteiger partial charge in [0.1, 0.15) is 0 Å². The number of anilines is 1. The molecule has 2 aromatic carbocycles. The number of carbonyl (C=O) groups is 2. The van der Waals surface area contributed by atoms with Gasteiger partial charge in [-0.1, -0.05) is 51.0 Å². The van der Waals surface area contributed by atoms with E-state index < -0.39 is 0 Å². The molecule has 0 fully saturated rings. The number of hydrogen-bond donors (Lipinski definition) is 2. The van der Waals surface area contributed by atoms with Crippen LogP contribution in [0, 0.1) is 5.92 Å². The monoisotopic (exact) mass is 352 g/mol. The lowest BCUT2D eigenvalue weighted by Gasteiger charge is -2.15. The van der Waals surface area contributed by atoms with Crippen molar-refractivity contribution in [1.29, 1.82) is 0 Å². The summed E-state index contributed by atoms with van der Waals surface area (Å²) in [5.41, 5.74) is 1.74. The molecule has 0 heterocycles. The molecule has 4 nitrogen and oxygen atoms in total. The molecule has 0 saturated heterocycles. The van der Waals surface area contributed by atoms with E-state index >= 15 is 0 Å². The van der Waals surface area contributed by atoms with Crippen molar-refractivity contribution in [2.45, 2.75) is 46.1 Å². The molecule has 1 atom stereocenters. The Morgan fingerprint density at radius 2 is 1.54 bits per heavy atom. The van der Waals surface area contributed by atoms with Crippen LogP contribution < -0.4 is 10.6 Å². The van der Waals surface area contributed by atoms with Crippen LogP contribution in [0.3, 0.4) is 0 Å². The van der Waals surface area contributed by atoms with Crippen molar-refractivity contribution in [3.05, 3.63) is 65.7 Å². The zero-order chi connectivity index (χ0) is 18.9. The third-order valence-corrected chi connectivity index (χ3v) is 4.21. The van der Waals surface area contributed by atoms with E-state index in [4.69, 9.17) is 0 Å². The Kier molecular flexibility index (Phi) is 7.39. The predicted molar refractivity (Wildman–Crippen MR) is 106 cm³/mol. The molecule has 0 radical (unpaired) electrons. The number of hydrogen-bond acceptors (Lipinski definition) is 2. The third kappa shape index (κ3) is 6.36. The molecule has 2 amide bonds. The molecule has 2 N–H and O–H groups in total. The van der Waals surface area contributed by atoms with Crippen molar-refractivity contribution in [2.24, 2.45) is 5.92 Å². The van der Waals surface area contributed by atoms with E-state index in [0.29, 0.717) is 22.7 Å². The van der Waals surface area contributed by atoms with Gasteiger partial charge in [0.15, 0.2) is 0 Å². The van der Waals surface area contributed by atoms with Gasteiger partial charge in [-0.3, -0.25) is 9.59 Å². The number of carbonyl (C=O) groups excluding carboxylic acids is 2. The molecular formula is C22H28N2O2. The van der Waals surface area contributed by atoms with Crippen LogP contribution in [0.5, 0.6) is 0 Å². The normalized spacial score (nSPS) is 11.8. The average Bonchev–Trinajstić information content (AvgIpc) is 2.62. The minimum atomic E-state index is -0.190. The van der Waals surface area contributed by atoms with Crippen LogP contribution in [0.25, 0.3) is 0 Å². The predicted octanol–water partition coefficient (Wildman–Crippen LogP) is 4.88. The lowest BCUT2D eigenvalue weighted by molar-refractivity contribution is 0.0936. The van der Waals surface area contributed by atoms with Gasteiger partial charge in [-0.25, -0.2) is 0 Å². The van der Waals surface area contributed by atoms with Crippen molar-refractivity contribution in [3.8, 4) is 0 Å². The molecule has 0 aromatic heterocycles. The Hall–Kier alpha value is -2.62. The topological polar surface area (TPSA) is 58.2 Å². The molecule has 0 spiro atoms. The second kappa shape index (κ2) is 9.76. The Bertz CT molecular complexity index is 726. The van der Waals surface area contributed by atoms with Crippen molar-refractivity contribution in [3.63, 3.8) is 0 Å². The van der Waals surface area contributed by atoms with Crippen molar-refractivity contribution in [1.82, 2.24) is 5.32 Å². The van der Waals surface area contributed by atoms with Crippen LogP contribution in [-0.2, 0) is 0 Å². The van der Waals surface area contributed by atoms with Gasteiger partial charge in [-0.15, -0.1) is 0 Å². The molecule has 0 aliphatic heterocycles. The highest BCUT2D eigenvalue weighted by molar-refractivity contribution is 6.05. The minimum absolute atomic E-state index is 0.113. The molecule has 138 valence electrons. The summed E-state index contributed by atoms with van der Waals surface area (Å²) in [5, 5.41) is 5.87. The van der Waals surface area contributed by atoms with E-state index in [9.17, 15) is 9.59 Å². The molecule has 0 aliphatic rings. The van der Waals surface area contributed by atoms with Crippen molar-refractivity contribution in [2.75, 3.05) is 5.32 Å². The highest BCUT2D eigenvalue weighted by atomic mass is 16.2. The first-order chi connectivity index (χ1) is 12.5. The highest BCUT2D eigenvalue weighted by Gasteiger charge is 2.12. The smallest absolute Gasteiger partial charge is 0.255 e. The summed E-state index contributed by atoms with van der Waals surface area (Å²) in [7, 11) is 0. The Morgan fingerprint density at radius 3 is 2.23 bits per heavy atom. The molecule has 0 saturated carbocycles. The molecule has 26 heavy (non-hydrogen) atoms. The van der Waals surface area contributed by atoms with Gasteiger partial charge in [0.2, 0.25) is 0 Å². The first-order valence-electron chi connectivity index (χ1n) is 9.23. The van der Waals surface area contributed by atoms with Gasteiger partial charge in [-0.2, -0.15) is 0 Å². The fraction of sp³-hybridized carbons (Fsp3) is 0.364.